The largest absolute Gasteiger partial charge is 0.508 e. The topological polar surface area (TPSA) is 108 Å². The molecule has 3 N–H and O–H groups in total. The summed E-state index contributed by atoms with van der Waals surface area (Å²) in [4.78, 5) is 23.9. The number of Topliss-reactive ketones (excluding diaryl/α,β-unsaturated/α-hetero) is 1. The van der Waals surface area contributed by atoms with Crippen molar-refractivity contribution < 1.29 is 24.5 Å². The molecule has 1 atom stereocenters. The summed E-state index contributed by atoms with van der Waals surface area (Å²) in [5, 5.41) is 29.9. The van der Waals surface area contributed by atoms with E-state index in [4.69, 9.17) is 4.42 Å². The van der Waals surface area contributed by atoms with Gasteiger partial charge in [-0.15, -0.1) is 0 Å². The van der Waals surface area contributed by atoms with Crippen LogP contribution in [-0.4, -0.2) is 27.2 Å². The number of ketones is 1. The lowest BCUT2D eigenvalue weighted by Gasteiger charge is -2.25. The Morgan fingerprint density at radius 3 is 2.54 bits per heavy atom. The Morgan fingerprint density at radius 1 is 1.12 bits per heavy atom. The van der Waals surface area contributed by atoms with Gasteiger partial charge in [-0.05, 0) is 23.6 Å². The molecule has 0 amide bonds. The number of phenols is 1. The summed E-state index contributed by atoms with van der Waals surface area (Å²) in [6.45, 7) is 1.96. The van der Waals surface area contributed by atoms with Gasteiger partial charge in [-0.1, -0.05) is 13.3 Å². The summed E-state index contributed by atoms with van der Waals surface area (Å²) in [5.41, 5.74) is 1.09. The molecule has 24 heavy (non-hydrogen) atoms. The summed E-state index contributed by atoms with van der Waals surface area (Å²) >= 11 is 0. The Labute approximate surface area is 138 Å². The molecule has 1 heterocycles. The lowest BCUT2D eigenvalue weighted by Crippen LogP contribution is -2.25. The first-order chi connectivity index (χ1) is 11.4. The molecule has 0 unspecified atom stereocenters. The normalized spacial score (nSPS) is 16.9. The highest BCUT2D eigenvalue weighted by Gasteiger charge is 2.31. The number of carbonyl (C=O) groups is 1. The number of aliphatic hydroxyl groups is 1. The van der Waals surface area contributed by atoms with Crippen molar-refractivity contribution in [3.8, 4) is 22.8 Å². The number of phenolic OH excluding ortho intramolecular Hbond substituents is 1. The molecule has 126 valence electrons. The van der Waals surface area contributed by atoms with Crippen LogP contribution in [0.2, 0.25) is 0 Å². The first-order valence-electron chi connectivity index (χ1n) is 7.84. The van der Waals surface area contributed by atoms with Gasteiger partial charge in [0.2, 0.25) is 0 Å². The summed E-state index contributed by atoms with van der Waals surface area (Å²) in [7, 11) is 0. The van der Waals surface area contributed by atoms with E-state index in [-0.39, 0.29) is 41.4 Å². The second-order valence-corrected chi connectivity index (χ2v) is 6.02. The number of carbonyl (C=O) groups excluding carboxylic acids is 1. The van der Waals surface area contributed by atoms with Crippen molar-refractivity contribution in [2.75, 3.05) is 0 Å². The minimum absolute atomic E-state index is 0.0584. The van der Waals surface area contributed by atoms with Crippen LogP contribution in [0.3, 0.4) is 0 Å². The standard InChI is InChI=1S/C18H18O6/c1-2-3-9-4-13(21)18-12(5-10(19)6-14(18)22)17(9)15-7-11(20)8-16(23)24-15/h4,7-8,10,19-21H,2-3,5-6H2,1H3/t10-/m1/s1. The second kappa shape index (κ2) is 6.13. The molecule has 0 aliphatic heterocycles. The zero-order valence-electron chi connectivity index (χ0n) is 13.2. The third-order valence-corrected chi connectivity index (χ3v) is 4.15. The van der Waals surface area contributed by atoms with Crippen LogP contribution in [0.1, 0.15) is 41.3 Å². The van der Waals surface area contributed by atoms with E-state index in [1.165, 1.54) is 12.1 Å². The Hall–Kier alpha value is -2.60. The predicted octanol–water partition coefficient (Wildman–Crippen LogP) is 2.16. The fraction of sp³-hybridized carbons (Fsp3) is 0.333. The minimum atomic E-state index is -0.857. The Kier molecular flexibility index (Phi) is 4.15. The van der Waals surface area contributed by atoms with Gasteiger partial charge >= 0.3 is 5.63 Å². The number of benzene rings is 1. The molecular formula is C18H18O6. The van der Waals surface area contributed by atoms with Gasteiger partial charge in [-0.2, -0.15) is 0 Å². The quantitative estimate of drug-likeness (QED) is 0.796. The maximum absolute atomic E-state index is 12.2. The van der Waals surface area contributed by atoms with E-state index in [0.29, 0.717) is 23.1 Å². The minimum Gasteiger partial charge on any atom is -0.508 e. The molecule has 1 aromatic carbocycles. The number of hydrogen-bond donors (Lipinski definition) is 3. The van der Waals surface area contributed by atoms with Crippen molar-refractivity contribution in [2.45, 2.75) is 38.7 Å². The zero-order chi connectivity index (χ0) is 17.4. The highest BCUT2D eigenvalue weighted by Crippen LogP contribution is 2.40. The molecule has 6 heteroatoms. The maximum Gasteiger partial charge on any atom is 0.339 e. The van der Waals surface area contributed by atoms with Crippen LogP contribution < -0.4 is 5.63 Å². The molecule has 6 nitrogen and oxygen atoms in total. The number of hydrogen-bond acceptors (Lipinski definition) is 6. The monoisotopic (exact) mass is 330 g/mol. The first-order valence-corrected chi connectivity index (χ1v) is 7.84. The van der Waals surface area contributed by atoms with Gasteiger partial charge in [0.15, 0.2) is 5.78 Å². The summed E-state index contributed by atoms with van der Waals surface area (Å²) in [6, 6.07) is 3.76. The van der Waals surface area contributed by atoms with Crippen molar-refractivity contribution in [3.05, 3.63) is 45.3 Å². The molecule has 3 rings (SSSR count). The first kappa shape index (κ1) is 16.3. The number of rotatable bonds is 3. The highest BCUT2D eigenvalue weighted by atomic mass is 16.4. The number of fused-ring (bicyclic) bond motifs is 1. The fourth-order valence-electron chi connectivity index (χ4n) is 3.28. The van der Waals surface area contributed by atoms with Crippen molar-refractivity contribution in [2.24, 2.45) is 0 Å². The molecule has 1 aromatic heterocycles. The molecule has 0 bridgehead atoms. The van der Waals surface area contributed by atoms with Crippen molar-refractivity contribution in [3.63, 3.8) is 0 Å². The number of aromatic hydroxyl groups is 2. The van der Waals surface area contributed by atoms with Crippen molar-refractivity contribution in [1.82, 2.24) is 0 Å². The van der Waals surface area contributed by atoms with Gasteiger partial charge in [0.05, 0.1) is 17.7 Å². The van der Waals surface area contributed by atoms with Crippen molar-refractivity contribution >= 4 is 5.78 Å². The summed E-state index contributed by atoms with van der Waals surface area (Å²) in [6.07, 6.45) is 0.604. The van der Waals surface area contributed by atoms with E-state index in [9.17, 15) is 24.9 Å². The maximum atomic E-state index is 12.2. The molecule has 0 spiro atoms. The summed E-state index contributed by atoms with van der Waals surface area (Å²) < 4.78 is 5.22. The van der Waals surface area contributed by atoms with E-state index in [0.717, 1.165) is 12.5 Å². The predicted molar refractivity (Wildman–Crippen MR) is 86.4 cm³/mol. The van der Waals surface area contributed by atoms with Gasteiger partial charge in [-0.25, -0.2) is 4.79 Å². The van der Waals surface area contributed by atoms with E-state index in [1.54, 1.807) is 0 Å². The Bertz CT molecular complexity index is 865. The van der Waals surface area contributed by atoms with E-state index < -0.39 is 11.7 Å². The smallest absolute Gasteiger partial charge is 0.339 e. The van der Waals surface area contributed by atoms with E-state index in [1.807, 2.05) is 6.92 Å². The third-order valence-electron chi connectivity index (χ3n) is 4.15. The fourth-order valence-corrected chi connectivity index (χ4v) is 3.28. The molecule has 0 fully saturated rings. The molecular weight excluding hydrogens is 312 g/mol. The number of aliphatic hydroxyl groups excluding tert-OH is 1. The lowest BCUT2D eigenvalue weighted by molar-refractivity contribution is 0.0850. The zero-order valence-corrected chi connectivity index (χ0v) is 13.2. The van der Waals surface area contributed by atoms with E-state index >= 15 is 0 Å². The Morgan fingerprint density at radius 2 is 1.88 bits per heavy atom. The van der Waals surface area contributed by atoms with Crippen molar-refractivity contribution in [1.29, 1.82) is 0 Å². The van der Waals surface area contributed by atoms with Crippen LogP contribution in [0, 0.1) is 0 Å². The van der Waals surface area contributed by atoms with Gasteiger partial charge in [-0.3, -0.25) is 4.79 Å². The van der Waals surface area contributed by atoms with Crippen LogP contribution in [0.5, 0.6) is 11.5 Å². The third kappa shape index (κ3) is 2.80. The Balaban J connectivity index is 2.35. The van der Waals surface area contributed by atoms with Crippen LogP contribution >= 0.6 is 0 Å². The van der Waals surface area contributed by atoms with Crippen LogP contribution in [0.15, 0.2) is 27.4 Å². The molecule has 0 saturated heterocycles. The van der Waals surface area contributed by atoms with Crippen LogP contribution in [-0.2, 0) is 12.8 Å². The lowest BCUT2D eigenvalue weighted by atomic mass is 9.81. The van der Waals surface area contributed by atoms with Gasteiger partial charge < -0.3 is 19.7 Å². The molecule has 0 saturated carbocycles. The molecule has 2 aromatic rings. The average molecular weight is 330 g/mol. The van der Waals surface area contributed by atoms with Gasteiger partial charge in [0.1, 0.15) is 17.3 Å². The summed E-state index contributed by atoms with van der Waals surface area (Å²) in [5.74, 6) is -0.598. The second-order valence-electron chi connectivity index (χ2n) is 6.02. The van der Waals surface area contributed by atoms with Gasteiger partial charge in [0.25, 0.3) is 0 Å². The SMILES string of the molecule is CCCc1cc(O)c2c(c1-c1cc(O)cc(=O)o1)C[C@@H](O)CC2=O. The average Bonchev–Trinajstić information content (AvgIpc) is 2.45. The van der Waals surface area contributed by atoms with Crippen LogP contribution in [0.25, 0.3) is 11.3 Å². The molecule has 1 aliphatic rings. The molecule has 0 radical (unpaired) electrons. The van der Waals surface area contributed by atoms with Crippen LogP contribution in [0.4, 0.5) is 0 Å². The molecule has 1 aliphatic carbocycles. The van der Waals surface area contributed by atoms with Gasteiger partial charge in [0, 0.05) is 24.5 Å². The highest BCUT2D eigenvalue weighted by molar-refractivity contribution is 6.03. The van der Waals surface area contributed by atoms with E-state index in [2.05, 4.69) is 0 Å². The number of aryl methyl sites for hydroxylation is 1.